The van der Waals surface area contributed by atoms with Gasteiger partial charge in [0.2, 0.25) is 0 Å². The minimum atomic E-state index is 0.376. The average molecular weight is 212 g/mol. The molecule has 0 spiro atoms. The second-order valence-electron chi connectivity index (χ2n) is 6.06. The van der Waals surface area contributed by atoms with Crippen molar-refractivity contribution < 1.29 is 0 Å². The third-order valence-corrected chi connectivity index (χ3v) is 3.96. The lowest BCUT2D eigenvalue weighted by Crippen LogP contribution is -2.48. The van der Waals surface area contributed by atoms with Gasteiger partial charge in [-0.15, -0.1) is 0 Å². The first-order chi connectivity index (χ1) is 6.93. The van der Waals surface area contributed by atoms with E-state index in [1.807, 2.05) is 0 Å². The maximum Gasteiger partial charge on any atom is 0.0220 e. The fourth-order valence-corrected chi connectivity index (χ4v) is 2.28. The summed E-state index contributed by atoms with van der Waals surface area (Å²) in [5, 5.41) is 3.54. The monoisotopic (exact) mass is 212 g/mol. The van der Waals surface area contributed by atoms with E-state index in [0.29, 0.717) is 11.5 Å². The van der Waals surface area contributed by atoms with Crippen LogP contribution in [0.5, 0.6) is 0 Å². The van der Waals surface area contributed by atoms with E-state index in [1.165, 1.54) is 25.8 Å². The molecule has 0 saturated carbocycles. The van der Waals surface area contributed by atoms with E-state index < -0.39 is 0 Å². The van der Waals surface area contributed by atoms with Crippen molar-refractivity contribution in [2.75, 3.05) is 20.1 Å². The molecule has 1 heterocycles. The number of nitrogens with one attached hydrogen (secondary N) is 1. The predicted octanol–water partition coefficient (Wildman–Crippen LogP) is 2.49. The van der Waals surface area contributed by atoms with Gasteiger partial charge in [0.15, 0.2) is 0 Å². The minimum absolute atomic E-state index is 0.376. The highest BCUT2D eigenvalue weighted by Crippen LogP contribution is 2.25. The molecule has 15 heavy (non-hydrogen) atoms. The van der Waals surface area contributed by atoms with Crippen LogP contribution < -0.4 is 5.32 Å². The Bertz CT molecular complexity index is 175. The summed E-state index contributed by atoms with van der Waals surface area (Å²) in [5.74, 6) is 0. The zero-order chi connectivity index (χ0) is 11.5. The average Bonchev–Trinajstić information content (AvgIpc) is 2.42. The largest absolute Gasteiger partial charge is 0.315 e. The zero-order valence-electron chi connectivity index (χ0n) is 11.1. The summed E-state index contributed by atoms with van der Waals surface area (Å²) in [4.78, 5) is 2.57. The minimum Gasteiger partial charge on any atom is -0.315 e. The Hall–Kier alpha value is -0.0800. The normalized spacial score (nSPS) is 26.4. The first-order valence-electron chi connectivity index (χ1n) is 6.35. The van der Waals surface area contributed by atoms with Gasteiger partial charge in [0.05, 0.1) is 0 Å². The topological polar surface area (TPSA) is 15.3 Å². The van der Waals surface area contributed by atoms with Crippen molar-refractivity contribution in [3.05, 3.63) is 0 Å². The summed E-state index contributed by atoms with van der Waals surface area (Å²) in [6, 6.07) is 1.36. The highest BCUT2D eigenvalue weighted by Gasteiger charge is 2.28. The smallest absolute Gasteiger partial charge is 0.0220 e. The van der Waals surface area contributed by atoms with Gasteiger partial charge in [0.25, 0.3) is 0 Å². The van der Waals surface area contributed by atoms with Crippen molar-refractivity contribution in [1.82, 2.24) is 10.2 Å². The number of hydrogen-bond acceptors (Lipinski definition) is 2. The quantitative estimate of drug-likeness (QED) is 0.756. The standard InChI is InChI=1S/C13H28N2/c1-11(13(2,3)4)15(5)12-8-6-7-9-14-10-12/h11-12,14H,6-10H2,1-5H3. The summed E-state index contributed by atoms with van der Waals surface area (Å²) in [6.07, 6.45) is 4.07. The van der Waals surface area contributed by atoms with E-state index in [0.717, 1.165) is 12.6 Å². The molecule has 2 unspecified atom stereocenters. The molecule has 1 saturated heterocycles. The molecule has 2 heteroatoms. The lowest BCUT2D eigenvalue weighted by Gasteiger charge is -2.40. The van der Waals surface area contributed by atoms with Crippen LogP contribution >= 0.6 is 0 Å². The Kier molecular flexibility index (Phi) is 4.60. The third kappa shape index (κ3) is 3.76. The molecule has 2 nitrogen and oxygen atoms in total. The highest BCUT2D eigenvalue weighted by molar-refractivity contribution is 4.84. The summed E-state index contributed by atoms with van der Waals surface area (Å²) < 4.78 is 0. The van der Waals surface area contributed by atoms with Gasteiger partial charge < -0.3 is 5.32 Å². The van der Waals surface area contributed by atoms with Crippen molar-refractivity contribution >= 4 is 0 Å². The van der Waals surface area contributed by atoms with Crippen LogP contribution in [-0.4, -0.2) is 37.1 Å². The molecule has 90 valence electrons. The first-order valence-corrected chi connectivity index (χ1v) is 6.35. The molecular weight excluding hydrogens is 184 g/mol. The molecule has 1 aliphatic heterocycles. The Morgan fingerprint density at radius 3 is 2.53 bits per heavy atom. The summed E-state index contributed by atoms with van der Waals surface area (Å²) in [6.45, 7) is 11.7. The van der Waals surface area contributed by atoms with E-state index in [1.54, 1.807) is 0 Å². The van der Waals surface area contributed by atoms with Crippen LogP contribution in [-0.2, 0) is 0 Å². The molecule has 1 rings (SSSR count). The molecule has 0 amide bonds. The van der Waals surface area contributed by atoms with Gasteiger partial charge in [0, 0.05) is 18.6 Å². The molecule has 1 N–H and O–H groups in total. The van der Waals surface area contributed by atoms with Crippen molar-refractivity contribution in [3.63, 3.8) is 0 Å². The second kappa shape index (κ2) is 5.31. The van der Waals surface area contributed by atoms with Gasteiger partial charge in [-0.2, -0.15) is 0 Å². The Balaban J connectivity index is 2.53. The van der Waals surface area contributed by atoms with Crippen LogP contribution in [0.1, 0.15) is 47.0 Å². The van der Waals surface area contributed by atoms with Crippen LogP contribution in [0.4, 0.5) is 0 Å². The van der Waals surface area contributed by atoms with Crippen molar-refractivity contribution in [2.24, 2.45) is 5.41 Å². The van der Waals surface area contributed by atoms with Crippen molar-refractivity contribution in [3.8, 4) is 0 Å². The van der Waals surface area contributed by atoms with Gasteiger partial charge in [-0.1, -0.05) is 27.2 Å². The number of likely N-dealkylation sites (N-methyl/N-ethyl adjacent to an activating group) is 1. The molecule has 1 aliphatic rings. The maximum atomic E-state index is 3.54. The highest BCUT2D eigenvalue weighted by atomic mass is 15.2. The van der Waals surface area contributed by atoms with Gasteiger partial charge >= 0.3 is 0 Å². The Labute approximate surface area is 95.4 Å². The zero-order valence-corrected chi connectivity index (χ0v) is 11.1. The second-order valence-corrected chi connectivity index (χ2v) is 6.06. The number of hydrogen-bond donors (Lipinski definition) is 1. The summed E-state index contributed by atoms with van der Waals surface area (Å²) in [5.41, 5.74) is 0.376. The SMILES string of the molecule is CC(N(C)C1CCCCNC1)C(C)(C)C. The third-order valence-electron chi connectivity index (χ3n) is 3.96. The fourth-order valence-electron chi connectivity index (χ4n) is 2.28. The van der Waals surface area contributed by atoms with Crippen LogP contribution in [0.2, 0.25) is 0 Å². The Morgan fingerprint density at radius 1 is 1.27 bits per heavy atom. The molecular formula is C13H28N2. The summed E-state index contributed by atoms with van der Waals surface area (Å²) >= 11 is 0. The number of rotatable bonds is 2. The van der Waals surface area contributed by atoms with Gasteiger partial charge in [-0.25, -0.2) is 0 Å². The first kappa shape index (κ1) is 13.0. The molecule has 2 atom stereocenters. The van der Waals surface area contributed by atoms with Crippen LogP contribution in [0.3, 0.4) is 0 Å². The van der Waals surface area contributed by atoms with Crippen LogP contribution in [0.25, 0.3) is 0 Å². The van der Waals surface area contributed by atoms with E-state index >= 15 is 0 Å². The molecule has 0 aromatic carbocycles. The molecule has 0 aromatic heterocycles. The molecule has 0 aliphatic carbocycles. The van der Waals surface area contributed by atoms with E-state index in [2.05, 4.69) is 45.0 Å². The molecule has 0 bridgehead atoms. The predicted molar refractivity (Wildman–Crippen MR) is 67.2 cm³/mol. The van der Waals surface area contributed by atoms with Gasteiger partial charge in [-0.3, -0.25) is 4.90 Å². The van der Waals surface area contributed by atoms with E-state index in [9.17, 15) is 0 Å². The van der Waals surface area contributed by atoms with Gasteiger partial charge in [-0.05, 0) is 38.8 Å². The lowest BCUT2D eigenvalue weighted by molar-refractivity contribution is 0.0942. The lowest BCUT2D eigenvalue weighted by atomic mass is 9.86. The van der Waals surface area contributed by atoms with Crippen molar-refractivity contribution in [2.45, 2.75) is 59.0 Å². The van der Waals surface area contributed by atoms with Crippen LogP contribution in [0.15, 0.2) is 0 Å². The summed E-state index contributed by atoms with van der Waals surface area (Å²) in [7, 11) is 2.29. The number of nitrogens with zero attached hydrogens (tertiary/aromatic N) is 1. The molecule has 1 fully saturated rings. The van der Waals surface area contributed by atoms with E-state index in [-0.39, 0.29) is 0 Å². The molecule has 0 radical (unpaired) electrons. The van der Waals surface area contributed by atoms with Crippen LogP contribution in [0, 0.1) is 5.41 Å². The van der Waals surface area contributed by atoms with Gasteiger partial charge in [0.1, 0.15) is 0 Å². The van der Waals surface area contributed by atoms with Crippen molar-refractivity contribution in [1.29, 1.82) is 0 Å². The fraction of sp³-hybridized carbons (Fsp3) is 1.00. The Morgan fingerprint density at radius 2 is 1.93 bits per heavy atom. The molecule has 0 aromatic rings. The van der Waals surface area contributed by atoms with E-state index in [4.69, 9.17) is 0 Å². The maximum absolute atomic E-state index is 3.54.